The number of nitrogens with one attached hydrogen (secondary N) is 2. The summed E-state index contributed by atoms with van der Waals surface area (Å²) >= 11 is 0. The fraction of sp³-hybridized carbons (Fsp3) is 0.375. The fourth-order valence-electron chi connectivity index (χ4n) is 1.43. The third-order valence-electron chi connectivity index (χ3n) is 2.08. The Bertz CT molecular complexity index is 285. The molecule has 70 valence electrons. The smallest absolute Gasteiger partial charge is 0.332 e. The van der Waals surface area contributed by atoms with E-state index in [9.17, 15) is 4.79 Å². The van der Waals surface area contributed by atoms with E-state index in [0.29, 0.717) is 6.54 Å². The first-order valence-electron chi connectivity index (χ1n) is 4.07. The fourth-order valence-corrected chi connectivity index (χ4v) is 1.43. The normalized spacial score (nSPS) is 24.2. The van der Waals surface area contributed by atoms with Crippen molar-refractivity contribution in [2.45, 2.75) is 6.04 Å². The quantitative estimate of drug-likeness (QED) is 0.524. The van der Waals surface area contributed by atoms with E-state index < -0.39 is 0 Å². The van der Waals surface area contributed by atoms with Gasteiger partial charge in [-0.05, 0) is 12.2 Å². The molecule has 5 nitrogen and oxygen atoms in total. The zero-order valence-electron chi connectivity index (χ0n) is 7.28. The third kappa shape index (κ3) is 1.22. The Hall–Kier alpha value is -1.65. The first kappa shape index (κ1) is 7.97. The maximum atomic E-state index is 11.3. The minimum Gasteiger partial charge on any atom is -0.467 e. The van der Waals surface area contributed by atoms with Crippen LogP contribution in [0, 0.1) is 0 Å². The van der Waals surface area contributed by atoms with Gasteiger partial charge in [0, 0.05) is 12.7 Å². The minimum absolute atomic E-state index is 0.237. The van der Waals surface area contributed by atoms with E-state index in [2.05, 4.69) is 15.5 Å². The molecule has 1 atom stereocenters. The standard InChI is InChI=1S/C8H11N3O2/c1-13-8(12)6-5-9-7-3-2-4-10-11(6)7/h2-4,6,9-10H,5H2,1H3. The molecule has 0 aliphatic carbocycles. The van der Waals surface area contributed by atoms with Gasteiger partial charge in [0.2, 0.25) is 0 Å². The molecule has 2 aliphatic heterocycles. The second-order valence-corrected chi connectivity index (χ2v) is 2.83. The topological polar surface area (TPSA) is 53.6 Å². The molecule has 1 unspecified atom stereocenters. The van der Waals surface area contributed by atoms with Crippen LogP contribution >= 0.6 is 0 Å². The molecule has 0 radical (unpaired) electrons. The molecule has 0 amide bonds. The summed E-state index contributed by atoms with van der Waals surface area (Å²) in [6.07, 6.45) is 5.55. The molecule has 5 heteroatoms. The number of carbonyl (C=O) groups excluding carboxylic acids is 1. The lowest BCUT2D eigenvalue weighted by Gasteiger charge is -2.25. The highest BCUT2D eigenvalue weighted by Crippen LogP contribution is 2.14. The lowest BCUT2D eigenvalue weighted by Crippen LogP contribution is -2.44. The van der Waals surface area contributed by atoms with E-state index in [0.717, 1.165) is 5.82 Å². The van der Waals surface area contributed by atoms with Gasteiger partial charge in [-0.1, -0.05) is 0 Å². The van der Waals surface area contributed by atoms with Gasteiger partial charge >= 0.3 is 5.97 Å². The first-order valence-corrected chi connectivity index (χ1v) is 4.07. The first-order chi connectivity index (χ1) is 6.33. The molecule has 13 heavy (non-hydrogen) atoms. The van der Waals surface area contributed by atoms with Gasteiger partial charge in [0.05, 0.1) is 7.11 Å². The highest BCUT2D eigenvalue weighted by Gasteiger charge is 2.34. The van der Waals surface area contributed by atoms with Gasteiger partial charge < -0.3 is 15.5 Å². The predicted octanol–water partition coefficient (Wildman–Crippen LogP) is -0.694. The van der Waals surface area contributed by atoms with Crippen LogP contribution in [0.25, 0.3) is 0 Å². The van der Waals surface area contributed by atoms with E-state index in [1.54, 1.807) is 11.2 Å². The Morgan fingerprint density at radius 2 is 2.62 bits per heavy atom. The molecule has 2 N–H and O–H groups in total. The van der Waals surface area contributed by atoms with Crippen molar-refractivity contribution in [3.63, 3.8) is 0 Å². The average Bonchev–Trinajstić information content (AvgIpc) is 2.60. The Morgan fingerprint density at radius 1 is 1.77 bits per heavy atom. The van der Waals surface area contributed by atoms with Gasteiger partial charge in [-0.25, -0.2) is 4.79 Å². The molecule has 0 aromatic rings. The number of esters is 1. The van der Waals surface area contributed by atoms with E-state index >= 15 is 0 Å². The van der Waals surface area contributed by atoms with Crippen molar-refractivity contribution in [1.29, 1.82) is 0 Å². The largest absolute Gasteiger partial charge is 0.467 e. The van der Waals surface area contributed by atoms with Gasteiger partial charge in [-0.15, -0.1) is 0 Å². The maximum absolute atomic E-state index is 11.3. The van der Waals surface area contributed by atoms with Gasteiger partial charge in [-0.2, -0.15) is 0 Å². The molecule has 2 rings (SSSR count). The van der Waals surface area contributed by atoms with Crippen LogP contribution in [-0.4, -0.2) is 30.7 Å². The summed E-state index contributed by atoms with van der Waals surface area (Å²) in [6.45, 7) is 0.577. The summed E-state index contributed by atoms with van der Waals surface area (Å²) in [7, 11) is 1.39. The van der Waals surface area contributed by atoms with Gasteiger partial charge in [0.25, 0.3) is 0 Å². The molecule has 1 fully saturated rings. The molecular weight excluding hydrogens is 170 g/mol. The van der Waals surface area contributed by atoms with Crippen molar-refractivity contribution in [2.75, 3.05) is 13.7 Å². The number of fused-ring (bicyclic) bond motifs is 1. The number of carbonyl (C=O) groups is 1. The van der Waals surface area contributed by atoms with Crippen LogP contribution in [0.2, 0.25) is 0 Å². The summed E-state index contributed by atoms with van der Waals surface area (Å²) in [5, 5.41) is 4.85. The Kier molecular flexibility index (Phi) is 1.84. The summed E-state index contributed by atoms with van der Waals surface area (Å²) < 4.78 is 4.67. The van der Waals surface area contributed by atoms with E-state index in [-0.39, 0.29) is 12.0 Å². The second-order valence-electron chi connectivity index (χ2n) is 2.83. The molecule has 2 heterocycles. The molecule has 1 saturated heterocycles. The van der Waals surface area contributed by atoms with Crippen LogP contribution in [0.5, 0.6) is 0 Å². The number of allylic oxidation sites excluding steroid dienone is 2. The Morgan fingerprint density at radius 3 is 3.38 bits per heavy atom. The molecule has 0 saturated carbocycles. The van der Waals surface area contributed by atoms with Gasteiger partial charge in [-0.3, -0.25) is 5.01 Å². The maximum Gasteiger partial charge on any atom is 0.332 e. The van der Waals surface area contributed by atoms with Crippen LogP contribution in [0.1, 0.15) is 0 Å². The highest BCUT2D eigenvalue weighted by atomic mass is 16.5. The van der Waals surface area contributed by atoms with Crippen molar-refractivity contribution in [3.8, 4) is 0 Å². The van der Waals surface area contributed by atoms with Crippen LogP contribution in [-0.2, 0) is 9.53 Å². The van der Waals surface area contributed by atoms with Crippen molar-refractivity contribution in [1.82, 2.24) is 15.8 Å². The molecular formula is C8H11N3O2. The van der Waals surface area contributed by atoms with Crippen molar-refractivity contribution >= 4 is 5.97 Å². The minimum atomic E-state index is -0.277. The van der Waals surface area contributed by atoms with Crippen LogP contribution in [0.3, 0.4) is 0 Å². The SMILES string of the molecule is COC(=O)C1CNC2=CC=CNN21. The highest BCUT2D eigenvalue weighted by molar-refractivity contribution is 5.77. The number of nitrogens with zero attached hydrogens (tertiary/aromatic N) is 1. The molecule has 0 bridgehead atoms. The van der Waals surface area contributed by atoms with Crippen molar-refractivity contribution < 1.29 is 9.53 Å². The summed E-state index contributed by atoms with van der Waals surface area (Å²) in [4.78, 5) is 11.3. The third-order valence-corrected chi connectivity index (χ3v) is 2.08. The number of hydrogen-bond acceptors (Lipinski definition) is 5. The van der Waals surface area contributed by atoms with Gasteiger partial charge in [0.15, 0.2) is 6.04 Å². The molecule has 0 spiro atoms. The summed E-state index contributed by atoms with van der Waals surface area (Å²) in [5.41, 5.74) is 2.97. The number of ether oxygens (including phenoxy) is 1. The zero-order valence-corrected chi connectivity index (χ0v) is 7.28. The van der Waals surface area contributed by atoms with Crippen LogP contribution < -0.4 is 10.7 Å². The number of rotatable bonds is 1. The summed E-state index contributed by atoms with van der Waals surface area (Å²) in [6, 6.07) is -0.277. The second kappa shape index (κ2) is 3.01. The van der Waals surface area contributed by atoms with Crippen molar-refractivity contribution in [2.24, 2.45) is 0 Å². The molecule has 2 aliphatic rings. The summed E-state index contributed by atoms with van der Waals surface area (Å²) in [5.74, 6) is 0.664. The van der Waals surface area contributed by atoms with E-state index in [1.165, 1.54) is 7.11 Å². The zero-order chi connectivity index (χ0) is 9.26. The molecule has 0 aromatic carbocycles. The Labute approximate surface area is 76.0 Å². The molecule has 0 aromatic heterocycles. The number of hydrogen-bond donors (Lipinski definition) is 2. The lowest BCUT2D eigenvalue weighted by atomic mass is 10.3. The number of hydrazine groups is 1. The van der Waals surface area contributed by atoms with Crippen LogP contribution in [0.15, 0.2) is 24.2 Å². The van der Waals surface area contributed by atoms with Crippen LogP contribution in [0.4, 0.5) is 0 Å². The monoisotopic (exact) mass is 181 g/mol. The number of methoxy groups -OCH3 is 1. The lowest BCUT2D eigenvalue weighted by molar-refractivity contribution is -0.145. The van der Waals surface area contributed by atoms with Gasteiger partial charge in [0.1, 0.15) is 5.82 Å². The van der Waals surface area contributed by atoms with Crippen molar-refractivity contribution in [3.05, 3.63) is 24.2 Å². The average molecular weight is 181 g/mol. The van der Waals surface area contributed by atoms with E-state index in [1.807, 2.05) is 12.2 Å². The Balaban J connectivity index is 2.14. The van der Waals surface area contributed by atoms with E-state index in [4.69, 9.17) is 0 Å². The predicted molar refractivity (Wildman–Crippen MR) is 46.0 cm³/mol.